The summed E-state index contributed by atoms with van der Waals surface area (Å²) in [5.74, 6) is -0.281. The first-order valence-corrected chi connectivity index (χ1v) is 11.4. The van der Waals surface area contributed by atoms with E-state index in [0.717, 1.165) is 22.3 Å². The van der Waals surface area contributed by atoms with Gasteiger partial charge in [0.05, 0.1) is 11.5 Å². The van der Waals surface area contributed by atoms with Crippen LogP contribution in [0.25, 0.3) is 16.7 Å². The molecule has 2 aromatic carbocycles. The molecule has 33 heavy (non-hydrogen) atoms. The van der Waals surface area contributed by atoms with Gasteiger partial charge in [-0.1, -0.05) is 35.9 Å². The van der Waals surface area contributed by atoms with Gasteiger partial charge in [-0.25, -0.2) is 9.59 Å². The third-order valence-electron chi connectivity index (χ3n) is 6.33. The van der Waals surface area contributed by atoms with Crippen molar-refractivity contribution in [3.8, 4) is 11.1 Å². The molecule has 0 amide bonds. The zero-order chi connectivity index (χ0) is 24.7. The van der Waals surface area contributed by atoms with Crippen molar-refractivity contribution in [2.75, 3.05) is 0 Å². The number of rotatable bonds is 4. The van der Waals surface area contributed by atoms with E-state index in [1.807, 2.05) is 77.9 Å². The Kier molecular flexibility index (Phi) is 6.67. The highest BCUT2D eigenvalue weighted by molar-refractivity contribution is 6.30. The van der Waals surface area contributed by atoms with Crippen LogP contribution in [-0.4, -0.2) is 23.8 Å². The molecule has 0 fully saturated rings. The van der Waals surface area contributed by atoms with E-state index in [1.165, 1.54) is 0 Å². The number of esters is 1. The van der Waals surface area contributed by atoms with Gasteiger partial charge in [-0.2, -0.15) is 0 Å². The van der Waals surface area contributed by atoms with Crippen molar-refractivity contribution < 1.29 is 23.8 Å². The van der Waals surface area contributed by atoms with E-state index < -0.39 is 23.1 Å². The number of ether oxygens (including phenoxy) is 3. The van der Waals surface area contributed by atoms with Gasteiger partial charge in [0.25, 0.3) is 0 Å². The van der Waals surface area contributed by atoms with Crippen molar-refractivity contribution in [1.82, 2.24) is 0 Å². The van der Waals surface area contributed by atoms with Gasteiger partial charge in [-0.15, -0.1) is 0 Å². The smallest absolute Gasteiger partial charge is 0.455 e. The van der Waals surface area contributed by atoms with Crippen LogP contribution < -0.4 is 0 Å². The van der Waals surface area contributed by atoms with Crippen LogP contribution in [0.4, 0.5) is 4.79 Å². The standard InChI is InChI=1S/C27H31ClO5/c1-15(2)31-25(30)32-23-22(24(29)33-27(7,8)26(23,5)6)21-16(3)13-19(14-17(21)4)18-9-11-20(28)12-10-18/h9-15H,1-8H3. The van der Waals surface area contributed by atoms with E-state index >= 15 is 0 Å². The van der Waals surface area contributed by atoms with Gasteiger partial charge < -0.3 is 14.2 Å². The molecule has 0 aliphatic carbocycles. The normalized spacial score (nSPS) is 17.1. The van der Waals surface area contributed by atoms with Gasteiger partial charge in [-0.05, 0) is 95.3 Å². The maximum absolute atomic E-state index is 13.3. The molecule has 0 aromatic heterocycles. The number of aryl methyl sites for hydroxylation is 2. The number of hydrogen-bond acceptors (Lipinski definition) is 5. The summed E-state index contributed by atoms with van der Waals surface area (Å²) in [6.07, 6.45) is -1.19. The van der Waals surface area contributed by atoms with Crippen LogP contribution in [0.5, 0.6) is 0 Å². The second-order valence-corrected chi connectivity index (χ2v) is 10.2. The topological polar surface area (TPSA) is 61.8 Å². The Labute approximate surface area is 200 Å². The van der Waals surface area contributed by atoms with Crippen molar-refractivity contribution in [2.45, 2.75) is 67.1 Å². The molecular formula is C27H31ClO5. The number of cyclic esters (lactones) is 1. The number of hydrogen-bond donors (Lipinski definition) is 0. The molecule has 0 saturated heterocycles. The lowest BCUT2D eigenvalue weighted by Crippen LogP contribution is -2.49. The van der Waals surface area contributed by atoms with Crippen LogP contribution in [0.3, 0.4) is 0 Å². The van der Waals surface area contributed by atoms with Gasteiger partial charge in [0.1, 0.15) is 16.9 Å². The minimum atomic E-state index is -0.897. The first-order valence-electron chi connectivity index (χ1n) is 11.0. The maximum atomic E-state index is 13.3. The predicted molar refractivity (Wildman–Crippen MR) is 130 cm³/mol. The zero-order valence-corrected chi connectivity index (χ0v) is 21.2. The molecule has 0 radical (unpaired) electrons. The Morgan fingerprint density at radius 2 is 1.52 bits per heavy atom. The van der Waals surface area contributed by atoms with Gasteiger partial charge in [-0.3, -0.25) is 0 Å². The minimum absolute atomic E-state index is 0.248. The van der Waals surface area contributed by atoms with Crippen molar-refractivity contribution in [1.29, 1.82) is 0 Å². The highest BCUT2D eigenvalue weighted by atomic mass is 35.5. The Balaban J connectivity index is 2.21. The monoisotopic (exact) mass is 470 g/mol. The Hall–Kier alpha value is -2.79. The highest BCUT2D eigenvalue weighted by Crippen LogP contribution is 2.49. The van der Waals surface area contributed by atoms with Crippen molar-refractivity contribution >= 4 is 29.3 Å². The molecule has 0 bridgehead atoms. The van der Waals surface area contributed by atoms with E-state index in [9.17, 15) is 9.59 Å². The molecular weight excluding hydrogens is 440 g/mol. The number of benzene rings is 2. The van der Waals surface area contributed by atoms with Gasteiger partial charge in [0, 0.05) is 5.02 Å². The molecule has 0 N–H and O–H groups in total. The van der Waals surface area contributed by atoms with Crippen LogP contribution >= 0.6 is 11.6 Å². The van der Waals surface area contributed by atoms with Crippen molar-refractivity contribution in [3.63, 3.8) is 0 Å². The zero-order valence-electron chi connectivity index (χ0n) is 20.5. The molecule has 1 aliphatic heterocycles. The fraction of sp³-hybridized carbons (Fsp3) is 0.407. The average Bonchev–Trinajstić information content (AvgIpc) is 2.67. The van der Waals surface area contributed by atoms with E-state index in [-0.39, 0.29) is 17.4 Å². The van der Waals surface area contributed by atoms with Crippen LogP contribution in [0, 0.1) is 19.3 Å². The molecule has 5 nitrogen and oxygen atoms in total. The van der Waals surface area contributed by atoms with Crippen LogP contribution in [-0.2, 0) is 19.0 Å². The van der Waals surface area contributed by atoms with E-state index in [4.69, 9.17) is 25.8 Å². The van der Waals surface area contributed by atoms with Gasteiger partial charge in [0.2, 0.25) is 0 Å². The maximum Gasteiger partial charge on any atom is 0.513 e. The Morgan fingerprint density at radius 3 is 2.03 bits per heavy atom. The summed E-state index contributed by atoms with van der Waals surface area (Å²) in [5, 5.41) is 0.666. The molecule has 6 heteroatoms. The molecule has 0 atom stereocenters. The lowest BCUT2D eigenvalue weighted by molar-refractivity contribution is -0.164. The quantitative estimate of drug-likeness (QED) is 0.440. The first kappa shape index (κ1) is 24.8. The summed E-state index contributed by atoms with van der Waals surface area (Å²) in [4.78, 5) is 25.8. The van der Waals surface area contributed by atoms with Crippen molar-refractivity contribution in [2.24, 2.45) is 5.41 Å². The fourth-order valence-electron chi connectivity index (χ4n) is 3.95. The van der Waals surface area contributed by atoms with Crippen LogP contribution in [0.1, 0.15) is 58.2 Å². The van der Waals surface area contributed by atoms with Gasteiger partial charge in [0.15, 0.2) is 0 Å². The summed E-state index contributed by atoms with van der Waals surface area (Å²) in [5.41, 5.74) is 2.98. The molecule has 3 rings (SSSR count). The summed E-state index contributed by atoms with van der Waals surface area (Å²) < 4.78 is 16.8. The number of halogens is 1. The van der Waals surface area contributed by atoms with E-state index in [1.54, 1.807) is 13.8 Å². The summed E-state index contributed by atoms with van der Waals surface area (Å²) >= 11 is 6.03. The summed E-state index contributed by atoms with van der Waals surface area (Å²) in [7, 11) is 0. The number of carbonyl (C=O) groups excluding carboxylic acids is 2. The fourth-order valence-corrected chi connectivity index (χ4v) is 4.08. The molecule has 176 valence electrons. The van der Waals surface area contributed by atoms with Crippen LogP contribution in [0.2, 0.25) is 5.02 Å². The SMILES string of the molecule is Cc1cc(-c2ccc(Cl)cc2)cc(C)c1C1=C(OC(=O)OC(C)C)C(C)(C)C(C)(C)OC1=O. The molecule has 0 saturated carbocycles. The Morgan fingerprint density at radius 1 is 0.970 bits per heavy atom. The molecule has 1 aliphatic rings. The van der Waals surface area contributed by atoms with Crippen molar-refractivity contribution in [3.05, 3.63) is 63.9 Å². The second kappa shape index (κ2) is 8.86. The molecule has 1 heterocycles. The minimum Gasteiger partial charge on any atom is -0.455 e. The Bertz CT molecular complexity index is 1100. The molecule has 0 unspecified atom stereocenters. The third kappa shape index (κ3) is 4.79. The summed E-state index contributed by atoms with van der Waals surface area (Å²) in [6, 6.07) is 11.6. The van der Waals surface area contributed by atoms with E-state index in [2.05, 4.69) is 0 Å². The summed E-state index contributed by atoms with van der Waals surface area (Å²) in [6.45, 7) is 14.7. The largest absolute Gasteiger partial charge is 0.513 e. The van der Waals surface area contributed by atoms with Crippen LogP contribution in [0.15, 0.2) is 42.2 Å². The lowest BCUT2D eigenvalue weighted by Gasteiger charge is -2.45. The molecule has 0 spiro atoms. The lowest BCUT2D eigenvalue weighted by atomic mass is 9.71. The molecule has 2 aromatic rings. The number of carbonyl (C=O) groups is 2. The third-order valence-corrected chi connectivity index (χ3v) is 6.58. The predicted octanol–water partition coefficient (Wildman–Crippen LogP) is 7.26. The van der Waals surface area contributed by atoms with E-state index in [0.29, 0.717) is 10.6 Å². The second-order valence-electron chi connectivity index (χ2n) is 9.74. The van der Waals surface area contributed by atoms with Gasteiger partial charge >= 0.3 is 12.1 Å². The highest BCUT2D eigenvalue weighted by Gasteiger charge is 2.52. The first-order chi connectivity index (χ1) is 15.2. The average molecular weight is 471 g/mol.